The lowest BCUT2D eigenvalue weighted by Crippen LogP contribution is -2.36. The lowest BCUT2D eigenvalue weighted by Gasteiger charge is -2.02. The van der Waals surface area contributed by atoms with Crippen LogP contribution in [0.15, 0.2) is 0 Å². The number of carboxylic acids is 1. The summed E-state index contributed by atoms with van der Waals surface area (Å²) in [5.41, 5.74) is 9.89. The molecule has 6 heteroatoms. The Morgan fingerprint density at radius 2 is 1.91 bits per heavy atom. The van der Waals surface area contributed by atoms with E-state index in [1.54, 1.807) is 0 Å². The second-order valence-corrected chi connectivity index (χ2v) is 1.94. The van der Waals surface area contributed by atoms with E-state index in [4.69, 9.17) is 16.6 Å². The van der Waals surface area contributed by atoms with Crippen LogP contribution < -0.4 is 11.5 Å². The van der Waals surface area contributed by atoms with Crippen LogP contribution in [0.4, 0.5) is 0 Å². The average Bonchev–Trinajstić information content (AvgIpc) is 1.82. The lowest BCUT2D eigenvalue weighted by molar-refractivity contribution is -0.137. The molecule has 0 fully saturated rings. The zero-order valence-corrected chi connectivity index (χ0v) is 6.63. The van der Waals surface area contributed by atoms with E-state index >= 15 is 0 Å². The standard InChI is InChI=1S/C5H10N2O3.ClH/c6-3(5(7)10)1-2-4(8)9;/h3H,1-2,6H2,(H2,7,10)(H,8,9);1H. The van der Waals surface area contributed by atoms with E-state index in [-0.39, 0.29) is 25.2 Å². The van der Waals surface area contributed by atoms with E-state index in [9.17, 15) is 9.59 Å². The number of halogens is 1. The molecular formula is C5H11ClN2O3. The number of rotatable bonds is 4. The third-order valence-electron chi connectivity index (χ3n) is 1.03. The molecule has 0 saturated heterocycles. The fraction of sp³-hybridized carbons (Fsp3) is 0.600. The van der Waals surface area contributed by atoms with Gasteiger partial charge >= 0.3 is 5.97 Å². The summed E-state index contributed by atoms with van der Waals surface area (Å²) in [7, 11) is 0. The number of hydrogen-bond donors (Lipinski definition) is 3. The van der Waals surface area contributed by atoms with Gasteiger partial charge in [0.15, 0.2) is 0 Å². The number of hydrogen-bond acceptors (Lipinski definition) is 3. The number of carbonyl (C=O) groups excluding carboxylic acids is 1. The van der Waals surface area contributed by atoms with E-state index in [0.29, 0.717) is 0 Å². The van der Waals surface area contributed by atoms with Gasteiger partial charge in [-0.15, -0.1) is 12.4 Å². The number of carboxylic acid groups (broad SMARTS) is 1. The summed E-state index contributed by atoms with van der Waals surface area (Å²) >= 11 is 0. The molecule has 0 aromatic carbocycles. The molecule has 0 saturated carbocycles. The van der Waals surface area contributed by atoms with Crippen LogP contribution in [0.5, 0.6) is 0 Å². The molecule has 11 heavy (non-hydrogen) atoms. The Morgan fingerprint density at radius 3 is 2.18 bits per heavy atom. The molecule has 5 nitrogen and oxygen atoms in total. The first-order chi connectivity index (χ1) is 4.54. The molecule has 0 aromatic heterocycles. The Kier molecular flexibility index (Phi) is 6.92. The maximum absolute atomic E-state index is 10.2. The van der Waals surface area contributed by atoms with Crippen molar-refractivity contribution in [3.8, 4) is 0 Å². The molecule has 5 N–H and O–H groups in total. The fourth-order valence-corrected chi connectivity index (χ4v) is 0.421. The van der Waals surface area contributed by atoms with Crippen molar-refractivity contribution in [2.45, 2.75) is 18.9 Å². The van der Waals surface area contributed by atoms with Crippen molar-refractivity contribution in [3.05, 3.63) is 0 Å². The smallest absolute Gasteiger partial charge is 0.303 e. The van der Waals surface area contributed by atoms with Crippen molar-refractivity contribution in [1.29, 1.82) is 0 Å². The summed E-state index contributed by atoms with van der Waals surface area (Å²) in [4.78, 5) is 20.1. The number of amides is 1. The summed E-state index contributed by atoms with van der Waals surface area (Å²) < 4.78 is 0. The Hall–Kier alpha value is -0.810. The molecule has 0 heterocycles. The van der Waals surface area contributed by atoms with Crippen molar-refractivity contribution in [1.82, 2.24) is 0 Å². The van der Waals surface area contributed by atoms with Gasteiger partial charge in [0.25, 0.3) is 0 Å². The summed E-state index contributed by atoms with van der Waals surface area (Å²) in [6.45, 7) is 0. The van der Waals surface area contributed by atoms with E-state index in [1.807, 2.05) is 0 Å². The average molecular weight is 183 g/mol. The van der Waals surface area contributed by atoms with Crippen LogP contribution in [0.2, 0.25) is 0 Å². The third-order valence-corrected chi connectivity index (χ3v) is 1.03. The van der Waals surface area contributed by atoms with Crippen LogP contribution in [0.3, 0.4) is 0 Å². The largest absolute Gasteiger partial charge is 0.481 e. The minimum absolute atomic E-state index is 0. The molecule has 66 valence electrons. The SMILES string of the molecule is Cl.NC(=O)C(N)CCC(=O)O. The maximum Gasteiger partial charge on any atom is 0.303 e. The number of primary amides is 1. The van der Waals surface area contributed by atoms with Crippen LogP contribution in [-0.4, -0.2) is 23.0 Å². The van der Waals surface area contributed by atoms with Crippen molar-refractivity contribution in [2.75, 3.05) is 0 Å². The van der Waals surface area contributed by atoms with Crippen LogP contribution >= 0.6 is 12.4 Å². The highest BCUT2D eigenvalue weighted by molar-refractivity contribution is 5.85. The molecular weight excluding hydrogens is 172 g/mol. The first-order valence-electron chi connectivity index (χ1n) is 2.80. The topological polar surface area (TPSA) is 106 Å². The molecule has 0 radical (unpaired) electrons. The van der Waals surface area contributed by atoms with Crippen LogP contribution in [0.1, 0.15) is 12.8 Å². The van der Waals surface area contributed by atoms with Gasteiger partial charge in [0.2, 0.25) is 5.91 Å². The Labute approximate surface area is 70.1 Å². The highest BCUT2D eigenvalue weighted by Gasteiger charge is 2.10. The predicted octanol–water partition coefficient (Wildman–Crippen LogP) is -0.914. The fourth-order valence-electron chi connectivity index (χ4n) is 0.421. The van der Waals surface area contributed by atoms with Gasteiger partial charge in [-0.25, -0.2) is 0 Å². The lowest BCUT2D eigenvalue weighted by atomic mass is 10.1. The number of carbonyl (C=O) groups is 2. The van der Waals surface area contributed by atoms with Crippen molar-refractivity contribution in [2.24, 2.45) is 11.5 Å². The molecule has 1 unspecified atom stereocenters. The monoisotopic (exact) mass is 182 g/mol. The third kappa shape index (κ3) is 7.08. The predicted molar refractivity (Wildman–Crippen MR) is 41.3 cm³/mol. The summed E-state index contributed by atoms with van der Waals surface area (Å²) in [5, 5.41) is 8.14. The van der Waals surface area contributed by atoms with Crippen molar-refractivity contribution in [3.63, 3.8) is 0 Å². The highest BCUT2D eigenvalue weighted by atomic mass is 35.5. The van der Waals surface area contributed by atoms with Gasteiger partial charge in [0.1, 0.15) is 0 Å². The van der Waals surface area contributed by atoms with Gasteiger partial charge in [-0.2, -0.15) is 0 Å². The highest BCUT2D eigenvalue weighted by Crippen LogP contribution is 1.92. The molecule has 1 amide bonds. The van der Waals surface area contributed by atoms with Gasteiger partial charge in [-0.05, 0) is 6.42 Å². The molecule has 0 aliphatic carbocycles. The zero-order valence-electron chi connectivity index (χ0n) is 5.82. The first kappa shape index (κ1) is 12.8. The second kappa shape index (κ2) is 5.94. The Balaban J connectivity index is 0. The van der Waals surface area contributed by atoms with E-state index in [1.165, 1.54) is 0 Å². The quantitative estimate of drug-likeness (QED) is 0.523. The summed E-state index contributed by atoms with van der Waals surface area (Å²) in [5.74, 6) is -1.64. The normalized spacial score (nSPS) is 11.4. The van der Waals surface area contributed by atoms with Gasteiger partial charge in [-0.1, -0.05) is 0 Å². The minimum Gasteiger partial charge on any atom is -0.481 e. The number of aliphatic carboxylic acids is 1. The molecule has 0 bridgehead atoms. The molecule has 0 aliphatic rings. The minimum atomic E-state index is -0.975. The van der Waals surface area contributed by atoms with Crippen molar-refractivity contribution >= 4 is 24.3 Å². The van der Waals surface area contributed by atoms with Crippen molar-refractivity contribution < 1.29 is 14.7 Å². The summed E-state index contributed by atoms with van der Waals surface area (Å²) in [6, 6.07) is -0.837. The number of nitrogens with two attached hydrogens (primary N) is 2. The Morgan fingerprint density at radius 1 is 1.45 bits per heavy atom. The molecule has 1 atom stereocenters. The molecule has 0 aromatic rings. The van der Waals surface area contributed by atoms with Crippen LogP contribution in [0, 0.1) is 0 Å². The first-order valence-corrected chi connectivity index (χ1v) is 2.80. The molecule has 0 rings (SSSR count). The van der Waals surface area contributed by atoms with Crippen LogP contribution in [-0.2, 0) is 9.59 Å². The van der Waals surface area contributed by atoms with E-state index in [0.717, 1.165) is 0 Å². The van der Waals surface area contributed by atoms with E-state index in [2.05, 4.69) is 0 Å². The van der Waals surface area contributed by atoms with Crippen LogP contribution in [0.25, 0.3) is 0 Å². The van der Waals surface area contributed by atoms with Gasteiger partial charge in [0, 0.05) is 6.42 Å². The second-order valence-electron chi connectivity index (χ2n) is 1.94. The summed E-state index contributed by atoms with van der Waals surface area (Å²) in [6.07, 6.45) is -0.0191. The van der Waals surface area contributed by atoms with Gasteiger partial charge in [-0.3, -0.25) is 9.59 Å². The van der Waals surface area contributed by atoms with Gasteiger partial charge < -0.3 is 16.6 Å². The Bertz CT molecular complexity index is 151. The molecule has 0 spiro atoms. The van der Waals surface area contributed by atoms with Gasteiger partial charge in [0.05, 0.1) is 6.04 Å². The zero-order chi connectivity index (χ0) is 8.15. The maximum atomic E-state index is 10.2. The molecule has 0 aliphatic heterocycles. The van der Waals surface area contributed by atoms with E-state index < -0.39 is 17.9 Å².